The molecule has 2 N–H and O–H groups in total. The first kappa shape index (κ1) is 23.5. The minimum absolute atomic E-state index is 0.148. The zero-order valence-electron chi connectivity index (χ0n) is 18.0. The summed E-state index contributed by atoms with van der Waals surface area (Å²) in [6, 6.07) is 19.2. The number of rotatable bonds is 7. The first-order valence-corrected chi connectivity index (χ1v) is 11.3. The van der Waals surface area contributed by atoms with Crippen molar-refractivity contribution in [3.63, 3.8) is 0 Å². The molecule has 0 aliphatic heterocycles. The highest BCUT2D eigenvalue weighted by molar-refractivity contribution is 7.92. The lowest BCUT2D eigenvalue weighted by atomic mass is 10.2. The highest BCUT2D eigenvalue weighted by atomic mass is 32.2. The van der Waals surface area contributed by atoms with Gasteiger partial charge in [0.25, 0.3) is 15.9 Å². The second-order valence-electron chi connectivity index (χ2n) is 7.23. The molecule has 3 rings (SSSR count). The summed E-state index contributed by atoms with van der Waals surface area (Å²) in [5, 5.41) is 11.6. The summed E-state index contributed by atoms with van der Waals surface area (Å²) in [4.78, 5) is 24.4. The Hall–Kier alpha value is -4.16. The number of benzene rings is 3. The molecule has 0 saturated heterocycles. The van der Waals surface area contributed by atoms with Crippen LogP contribution < -0.4 is 10.0 Å². The van der Waals surface area contributed by atoms with Crippen molar-refractivity contribution in [1.82, 2.24) is 0 Å². The fourth-order valence-corrected chi connectivity index (χ4v) is 4.36. The quantitative estimate of drug-likeness (QED) is 0.514. The zero-order chi connectivity index (χ0) is 24.0. The number of sulfonamides is 1. The Bertz CT molecular complexity index is 1340. The molecular weight excluding hydrogens is 442 g/mol. The second-order valence-corrected chi connectivity index (χ2v) is 8.88. The number of nitrogens with zero attached hydrogens (tertiary/aromatic N) is 1. The summed E-state index contributed by atoms with van der Waals surface area (Å²) in [5.74, 6) is -1.34. The highest BCUT2D eigenvalue weighted by Crippen LogP contribution is 2.21. The van der Waals surface area contributed by atoms with Gasteiger partial charge in [0.15, 0.2) is 6.61 Å². The first-order valence-electron chi connectivity index (χ1n) is 9.86. The van der Waals surface area contributed by atoms with Crippen LogP contribution in [-0.2, 0) is 19.6 Å². The summed E-state index contributed by atoms with van der Waals surface area (Å²) >= 11 is 0. The molecule has 168 valence electrons. The standard InChI is InChI=1S/C24H21N3O5S/c1-16-7-8-17(2)22(13-16)33(30,31)27-20-11-9-18(10-12-20)24(29)32-15-23(28)26-21-6-4-3-5-19(21)14-25/h3-13,27H,15H2,1-2H3,(H,26,28). The van der Waals surface area contributed by atoms with E-state index in [-0.39, 0.29) is 21.7 Å². The maximum atomic E-state index is 12.7. The topological polar surface area (TPSA) is 125 Å². The van der Waals surface area contributed by atoms with Gasteiger partial charge >= 0.3 is 5.97 Å². The summed E-state index contributed by atoms with van der Waals surface area (Å²) in [6.45, 7) is 2.98. The number of para-hydroxylation sites is 1. The summed E-state index contributed by atoms with van der Waals surface area (Å²) in [5.41, 5.74) is 2.47. The van der Waals surface area contributed by atoms with Crippen LogP contribution in [0.15, 0.2) is 71.6 Å². The number of nitrogens with one attached hydrogen (secondary N) is 2. The van der Waals surface area contributed by atoms with E-state index in [9.17, 15) is 18.0 Å². The third-order valence-electron chi connectivity index (χ3n) is 4.66. The van der Waals surface area contributed by atoms with Gasteiger partial charge in [0, 0.05) is 5.69 Å². The smallest absolute Gasteiger partial charge is 0.338 e. The lowest BCUT2D eigenvalue weighted by molar-refractivity contribution is -0.119. The lowest BCUT2D eigenvalue weighted by Crippen LogP contribution is -2.21. The molecule has 0 saturated carbocycles. The molecule has 0 aliphatic rings. The molecule has 0 aromatic heterocycles. The van der Waals surface area contributed by atoms with Crippen molar-refractivity contribution in [2.24, 2.45) is 0 Å². The Labute approximate surface area is 191 Å². The number of hydrogen-bond donors (Lipinski definition) is 2. The summed E-state index contributed by atoms with van der Waals surface area (Å²) in [7, 11) is -3.80. The molecule has 3 aromatic rings. The van der Waals surface area contributed by atoms with Crippen LogP contribution in [0.25, 0.3) is 0 Å². The number of anilines is 2. The molecular formula is C24H21N3O5S. The van der Waals surface area contributed by atoms with Crippen molar-refractivity contribution < 1.29 is 22.7 Å². The molecule has 0 radical (unpaired) electrons. The number of nitriles is 1. The van der Waals surface area contributed by atoms with E-state index in [1.807, 2.05) is 12.1 Å². The van der Waals surface area contributed by atoms with E-state index in [1.54, 1.807) is 50.2 Å². The van der Waals surface area contributed by atoms with Gasteiger partial charge in [-0.1, -0.05) is 24.3 Å². The van der Waals surface area contributed by atoms with Crippen molar-refractivity contribution in [3.05, 3.63) is 89.0 Å². The summed E-state index contributed by atoms with van der Waals surface area (Å²) in [6.07, 6.45) is 0. The zero-order valence-corrected chi connectivity index (χ0v) is 18.8. The van der Waals surface area contributed by atoms with Crippen LogP contribution in [0.4, 0.5) is 11.4 Å². The number of amides is 1. The van der Waals surface area contributed by atoms with Crippen LogP contribution >= 0.6 is 0 Å². The number of carbonyl (C=O) groups excluding carboxylic acids is 2. The van der Waals surface area contributed by atoms with E-state index in [2.05, 4.69) is 10.0 Å². The molecule has 0 fully saturated rings. The average molecular weight is 464 g/mol. The highest BCUT2D eigenvalue weighted by Gasteiger charge is 2.18. The van der Waals surface area contributed by atoms with Gasteiger partial charge in [-0.05, 0) is 67.4 Å². The number of esters is 1. The molecule has 0 atom stereocenters. The molecule has 3 aromatic carbocycles. The van der Waals surface area contributed by atoms with Gasteiger partial charge in [-0.2, -0.15) is 5.26 Å². The Morgan fingerprint density at radius 1 is 1.00 bits per heavy atom. The van der Waals surface area contributed by atoms with E-state index < -0.39 is 28.5 Å². The number of carbonyl (C=O) groups is 2. The van der Waals surface area contributed by atoms with Crippen LogP contribution in [0.1, 0.15) is 27.0 Å². The normalized spacial score (nSPS) is 10.7. The predicted molar refractivity (Wildman–Crippen MR) is 123 cm³/mol. The molecule has 0 bridgehead atoms. The molecule has 33 heavy (non-hydrogen) atoms. The third kappa shape index (κ3) is 5.96. The minimum Gasteiger partial charge on any atom is -0.452 e. The largest absolute Gasteiger partial charge is 0.452 e. The van der Waals surface area contributed by atoms with Gasteiger partial charge in [-0.15, -0.1) is 0 Å². The van der Waals surface area contributed by atoms with Crippen molar-refractivity contribution in [2.45, 2.75) is 18.7 Å². The second kappa shape index (κ2) is 9.97. The van der Waals surface area contributed by atoms with Gasteiger partial charge in [-0.25, -0.2) is 13.2 Å². The summed E-state index contributed by atoms with van der Waals surface area (Å²) < 4.78 is 32.9. The SMILES string of the molecule is Cc1ccc(C)c(S(=O)(=O)Nc2ccc(C(=O)OCC(=O)Nc3ccccc3C#N)cc2)c1. The number of hydrogen-bond acceptors (Lipinski definition) is 6. The van der Waals surface area contributed by atoms with Gasteiger partial charge in [0.05, 0.1) is 21.7 Å². The van der Waals surface area contributed by atoms with E-state index in [0.29, 0.717) is 11.3 Å². The van der Waals surface area contributed by atoms with E-state index >= 15 is 0 Å². The van der Waals surface area contributed by atoms with Gasteiger partial charge in [-0.3, -0.25) is 9.52 Å². The van der Waals surface area contributed by atoms with Gasteiger partial charge in [0.1, 0.15) is 6.07 Å². The van der Waals surface area contributed by atoms with Crippen LogP contribution in [-0.4, -0.2) is 26.9 Å². The van der Waals surface area contributed by atoms with Gasteiger partial charge in [0.2, 0.25) is 0 Å². The number of ether oxygens (including phenoxy) is 1. The van der Waals surface area contributed by atoms with Crippen LogP contribution in [0.5, 0.6) is 0 Å². The van der Waals surface area contributed by atoms with Crippen LogP contribution in [0, 0.1) is 25.2 Å². The first-order chi connectivity index (χ1) is 15.7. The Morgan fingerprint density at radius 2 is 1.70 bits per heavy atom. The van der Waals surface area contributed by atoms with E-state index in [0.717, 1.165) is 5.56 Å². The number of aryl methyl sites for hydroxylation is 2. The maximum Gasteiger partial charge on any atom is 0.338 e. The molecule has 0 unspecified atom stereocenters. The average Bonchev–Trinajstić information content (AvgIpc) is 2.79. The molecule has 0 heterocycles. The van der Waals surface area contributed by atoms with Gasteiger partial charge < -0.3 is 10.1 Å². The van der Waals surface area contributed by atoms with Crippen molar-refractivity contribution >= 4 is 33.3 Å². The van der Waals surface area contributed by atoms with Crippen LogP contribution in [0.3, 0.4) is 0 Å². The molecule has 0 aliphatic carbocycles. The third-order valence-corrected chi connectivity index (χ3v) is 6.19. The van der Waals surface area contributed by atoms with Crippen molar-refractivity contribution in [1.29, 1.82) is 5.26 Å². The molecule has 9 heteroatoms. The van der Waals surface area contributed by atoms with E-state index in [1.165, 1.54) is 24.3 Å². The molecule has 1 amide bonds. The monoisotopic (exact) mass is 463 g/mol. The Kier molecular flexibility index (Phi) is 7.10. The molecule has 8 nitrogen and oxygen atoms in total. The molecule has 0 spiro atoms. The predicted octanol–water partition coefficient (Wildman–Crippen LogP) is 3.77. The fraction of sp³-hybridized carbons (Fsp3) is 0.125. The van der Waals surface area contributed by atoms with Crippen molar-refractivity contribution in [2.75, 3.05) is 16.6 Å². The Morgan fingerprint density at radius 3 is 2.39 bits per heavy atom. The minimum atomic E-state index is -3.80. The van der Waals surface area contributed by atoms with Crippen LogP contribution in [0.2, 0.25) is 0 Å². The van der Waals surface area contributed by atoms with E-state index in [4.69, 9.17) is 10.00 Å². The maximum absolute atomic E-state index is 12.7. The van der Waals surface area contributed by atoms with Crippen molar-refractivity contribution in [3.8, 4) is 6.07 Å². The lowest BCUT2D eigenvalue weighted by Gasteiger charge is -2.12. The Balaban J connectivity index is 1.60. The fourth-order valence-electron chi connectivity index (χ4n) is 2.97.